The Balaban J connectivity index is 1.86. The number of benzene rings is 2. The van der Waals surface area contributed by atoms with Crippen LogP contribution in [0.2, 0.25) is 0 Å². The second-order valence-electron chi connectivity index (χ2n) is 5.90. The Morgan fingerprint density at radius 1 is 1.15 bits per heavy atom. The Morgan fingerprint density at radius 2 is 1.93 bits per heavy atom. The average molecular weight is 362 g/mol. The van der Waals surface area contributed by atoms with Gasteiger partial charge in [0, 0.05) is 5.56 Å². The van der Waals surface area contributed by atoms with Crippen molar-refractivity contribution in [3.63, 3.8) is 0 Å². The molecule has 0 aliphatic heterocycles. The molecule has 1 aromatic heterocycles. The van der Waals surface area contributed by atoms with Crippen LogP contribution < -0.4 is 9.47 Å². The Labute approximate surface area is 158 Å². The topological polar surface area (TPSA) is 53.3 Å². The summed E-state index contributed by atoms with van der Waals surface area (Å²) in [7, 11) is 1.59. The molecule has 0 bridgehead atoms. The van der Waals surface area contributed by atoms with E-state index >= 15 is 0 Å². The van der Waals surface area contributed by atoms with Crippen LogP contribution in [0.15, 0.2) is 60.8 Å². The molecule has 0 aliphatic carbocycles. The predicted octanol–water partition coefficient (Wildman–Crippen LogP) is 4.48. The minimum atomic E-state index is -0.112. The molecular weight excluding hydrogens is 340 g/mol. The first-order chi connectivity index (χ1) is 13.2. The zero-order valence-electron chi connectivity index (χ0n) is 15.7. The molecule has 0 N–H and O–H groups in total. The van der Waals surface area contributed by atoms with E-state index in [1.165, 1.54) is 6.08 Å². The number of ether oxygens (including phenoxy) is 2. The molecule has 138 valence electrons. The first-order valence-electron chi connectivity index (χ1n) is 8.78. The van der Waals surface area contributed by atoms with Gasteiger partial charge in [0.05, 0.1) is 36.9 Å². The zero-order chi connectivity index (χ0) is 19.2. The van der Waals surface area contributed by atoms with Gasteiger partial charge in [-0.3, -0.25) is 4.79 Å². The van der Waals surface area contributed by atoms with Crippen molar-refractivity contribution in [1.29, 1.82) is 0 Å². The summed E-state index contributed by atoms with van der Waals surface area (Å²) in [5, 5.41) is 4.35. The molecule has 5 heteroatoms. The maximum absolute atomic E-state index is 12.7. The SMILES string of the molecule is CCOc1cccc(/C=C/C(=O)c2cnn(-c3ccccc3)c2C)c1OC. The Hall–Kier alpha value is -3.34. The van der Waals surface area contributed by atoms with Gasteiger partial charge in [-0.25, -0.2) is 4.68 Å². The van der Waals surface area contributed by atoms with Crippen LogP contribution in [0.25, 0.3) is 11.8 Å². The first-order valence-corrected chi connectivity index (χ1v) is 8.78. The lowest BCUT2D eigenvalue weighted by Crippen LogP contribution is -2.01. The fourth-order valence-corrected chi connectivity index (χ4v) is 2.89. The summed E-state index contributed by atoms with van der Waals surface area (Å²) in [5.74, 6) is 1.15. The monoisotopic (exact) mass is 362 g/mol. The molecule has 0 fully saturated rings. The molecule has 3 rings (SSSR count). The third-order valence-corrected chi connectivity index (χ3v) is 4.20. The number of aromatic nitrogens is 2. The normalized spacial score (nSPS) is 10.9. The lowest BCUT2D eigenvalue weighted by Gasteiger charge is -2.11. The minimum absolute atomic E-state index is 0.112. The van der Waals surface area contributed by atoms with Gasteiger partial charge >= 0.3 is 0 Å². The van der Waals surface area contributed by atoms with Crippen molar-refractivity contribution in [3.05, 3.63) is 77.6 Å². The molecular formula is C22H22N2O3. The van der Waals surface area contributed by atoms with Crippen LogP contribution in [0.1, 0.15) is 28.5 Å². The van der Waals surface area contributed by atoms with Gasteiger partial charge < -0.3 is 9.47 Å². The van der Waals surface area contributed by atoms with E-state index in [-0.39, 0.29) is 5.78 Å². The zero-order valence-corrected chi connectivity index (χ0v) is 15.7. The van der Waals surface area contributed by atoms with E-state index in [1.807, 2.05) is 62.4 Å². The van der Waals surface area contributed by atoms with Crippen LogP contribution in [0, 0.1) is 6.92 Å². The molecule has 0 aliphatic rings. The second-order valence-corrected chi connectivity index (χ2v) is 5.90. The molecule has 27 heavy (non-hydrogen) atoms. The molecule has 0 saturated carbocycles. The van der Waals surface area contributed by atoms with Gasteiger partial charge in [0.15, 0.2) is 17.3 Å². The van der Waals surface area contributed by atoms with Crippen molar-refractivity contribution in [2.24, 2.45) is 0 Å². The van der Waals surface area contributed by atoms with Crippen molar-refractivity contribution >= 4 is 11.9 Å². The van der Waals surface area contributed by atoms with Crippen molar-refractivity contribution in [3.8, 4) is 17.2 Å². The summed E-state index contributed by atoms with van der Waals surface area (Å²) in [6, 6.07) is 15.3. The van der Waals surface area contributed by atoms with Gasteiger partial charge in [-0.05, 0) is 44.2 Å². The summed E-state index contributed by atoms with van der Waals surface area (Å²) in [6.07, 6.45) is 4.87. The summed E-state index contributed by atoms with van der Waals surface area (Å²) in [6.45, 7) is 4.34. The molecule has 0 spiro atoms. The fourth-order valence-electron chi connectivity index (χ4n) is 2.89. The largest absolute Gasteiger partial charge is 0.492 e. The third-order valence-electron chi connectivity index (χ3n) is 4.20. The highest BCUT2D eigenvalue weighted by atomic mass is 16.5. The van der Waals surface area contributed by atoms with E-state index in [9.17, 15) is 4.79 Å². The first kappa shape index (κ1) is 18.5. The van der Waals surface area contributed by atoms with Crippen LogP contribution >= 0.6 is 0 Å². The molecule has 2 aromatic carbocycles. The number of hydrogen-bond acceptors (Lipinski definition) is 4. The standard InChI is InChI=1S/C22H22N2O3/c1-4-27-21-12-8-9-17(22(21)26-3)13-14-20(25)19-15-23-24(16(19)2)18-10-6-5-7-11-18/h5-15H,4H2,1-3H3/b14-13+. The molecule has 3 aromatic rings. The smallest absolute Gasteiger partial charge is 0.189 e. The van der Waals surface area contributed by atoms with E-state index < -0.39 is 0 Å². The van der Waals surface area contributed by atoms with Crippen molar-refractivity contribution in [2.45, 2.75) is 13.8 Å². The summed E-state index contributed by atoms with van der Waals surface area (Å²) in [4.78, 5) is 12.7. The maximum Gasteiger partial charge on any atom is 0.189 e. The van der Waals surface area contributed by atoms with E-state index in [0.717, 1.165) is 16.9 Å². The number of ketones is 1. The van der Waals surface area contributed by atoms with E-state index in [0.29, 0.717) is 23.7 Å². The molecule has 0 atom stereocenters. The number of para-hydroxylation sites is 2. The highest BCUT2D eigenvalue weighted by Crippen LogP contribution is 2.32. The summed E-state index contributed by atoms with van der Waals surface area (Å²) in [5.41, 5.74) is 3.06. The summed E-state index contributed by atoms with van der Waals surface area (Å²) >= 11 is 0. The van der Waals surface area contributed by atoms with Crippen molar-refractivity contribution in [2.75, 3.05) is 13.7 Å². The van der Waals surface area contributed by atoms with E-state index in [4.69, 9.17) is 9.47 Å². The quantitative estimate of drug-likeness (QED) is 0.459. The summed E-state index contributed by atoms with van der Waals surface area (Å²) < 4.78 is 12.8. The highest BCUT2D eigenvalue weighted by Gasteiger charge is 2.14. The van der Waals surface area contributed by atoms with Crippen LogP contribution in [0.5, 0.6) is 11.5 Å². The van der Waals surface area contributed by atoms with Crippen LogP contribution in [0.3, 0.4) is 0 Å². The minimum Gasteiger partial charge on any atom is -0.492 e. The lowest BCUT2D eigenvalue weighted by atomic mass is 10.1. The number of hydrogen-bond donors (Lipinski definition) is 0. The van der Waals surface area contributed by atoms with Crippen molar-refractivity contribution < 1.29 is 14.3 Å². The van der Waals surface area contributed by atoms with Crippen LogP contribution in [0.4, 0.5) is 0 Å². The second kappa shape index (κ2) is 8.36. The van der Waals surface area contributed by atoms with Gasteiger partial charge in [-0.1, -0.05) is 30.3 Å². The van der Waals surface area contributed by atoms with Gasteiger partial charge in [0.2, 0.25) is 0 Å². The maximum atomic E-state index is 12.7. The molecule has 5 nitrogen and oxygen atoms in total. The fraction of sp³-hybridized carbons (Fsp3) is 0.182. The van der Waals surface area contributed by atoms with Crippen molar-refractivity contribution in [1.82, 2.24) is 9.78 Å². The molecule has 1 heterocycles. The lowest BCUT2D eigenvalue weighted by molar-refractivity contribution is 0.104. The van der Waals surface area contributed by atoms with Gasteiger partial charge in [-0.2, -0.15) is 5.10 Å². The van der Waals surface area contributed by atoms with Gasteiger partial charge in [0.25, 0.3) is 0 Å². The van der Waals surface area contributed by atoms with Crippen LogP contribution in [-0.2, 0) is 0 Å². The number of rotatable bonds is 7. The number of carbonyl (C=O) groups is 1. The molecule has 0 saturated heterocycles. The Bertz CT molecular complexity index is 959. The highest BCUT2D eigenvalue weighted by molar-refractivity contribution is 6.07. The number of carbonyl (C=O) groups excluding carboxylic acids is 1. The number of nitrogens with zero attached hydrogens (tertiary/aromatic N) is 2. The molecule has 0 unspecified atom stereocenters. The number of allylic oxidation sites excluding steroid dienone is 1. The molecule has 0 radical (unpaired) electrons. The van der Waals surface area contributed by atoms with Gasteiger partial charge in [-0.15, -0.1) is 0 Å². The average Bonchev–Trinajstić information content (AvgIpc) is 3.08. The van der Waals surface area contributed by atoms with Crippen LogP contribution in [-0.4, -0.2) is 29.3 Å². The Kier molecular flexibility index (Phi) is 5.71. The third kappa shape index (κ3) is 3.92. The predicted molar refractivity (Wildman–Crippen MR) is 106 cm³/mol. The van der Waals surface area contributed by atoms with Gasteiger partial charge in [0.1, 0.15) is 0 Å². The van der Waals surface area contributed by atoms with E-state index in [2.05, 4.69) is 5.10 Å². The number of methoxy groups -OCH3 is 1. The Morgan fingerprint density at radius 3 is 2.63 bits per heavy atom. The molecule has 0 amide bonds. The van der Waals surface area contributed by atoms with E-state index in [1.54, 1.807) is 24.1 Å².